The highest BCUT2D eigenvalue weighted by atomic mass is 32.2. The first-order chi connectivity index (χ1) is 12.9. The molecule has 0 saturated heterocycles. The van der Waals surface area contributed by atoms with Crippen molar-refractivity contribution in [3.8, 4) is 10.6 Å². The lowest BCUT2D eigenvalue weighted by molar-refractivity contribution is -0.116. The van der Waals surface area contributed by atoms with Crippen molar-refractivity contribution in [1.29, 1.82) is 0 Å². The molecule has 1 unspecified atom stereocenters. The normalized spacial score (nSPS) is 12.4. The van der Waals surface area contributed by atoms with E-state index < -0.39 is 22.0 Å². The van der Waals surface area contributed by atoms with E-state index in [1.807, 2.05) is 30.3 Å². The number of hydrogen-bond acceptors (Lipinski definition) is 6. The number of para-hydroxylation sites is 1. The third-order valence-corrected chi connectivity index (χ3v) is 5.90. The second-order valence-electron chi connectivity index (χ2n) is 5.84. The zero-order valence-corrected chi connectivity index (χ0v) is 16.4. The largest absolute Gasteiger partial charge is 0.299 e. The average molecular weight is 403 g/mol. The van der Waals surface area contributed by atoms with Gasteiger partial charge in [0.1, 0.15) is 11.0 Å². The lowest BCUT2D eigenvalue weighted by Crippen LogP contribution is -2.45. The summed E-state index contributed by atoms with van der Waals surface area (Å²) in [6.45, 7) is 1.53. The van der Waals surface area contributed by atoms with Crippen LogP contribution in [0.2, 0.25) is 0 Å². The molecular formula is C18H18N4O3S2. The van der Waals surface area contributed by atoms with Gasteiger partial charge >= 0.3 is 0 Å². The summed E-state index contributed by atoms with van der Waals surface area (Å²) in [7, 11) is -3.65. The Morgan fingerprint density at radius 3 is 2.22 bits per heavy atom. The van der Waals surface area contributed by atoms with Gasteiger partial charge in [-0.1, -0.05) is 59.9 Å². The van der Waals surface area contributed by atoms with Gasteiger partial charge in [0.05, 0.1) is 11.9 Å². The van der Waals surface area contributed by atoms with E-state index in [1.54, 1.807) is 30.3 Å². The molecule has 27 heavy (non-hydrogen) atoms. The predicted molar refractivity (Wildman–Crippen MR) is 107 cm³/mol. The molecule has 7 nitrogen and oxygen atoms in total. The minimum absolute atomic E-state index is 0.312. The molecule has 0 radical (unpaired) electrons. The summed E-state index contributed by atoms with van der Waals surface area (Å²) >= 11 is 1.22. The molecule has 0 spiro atoms. The Hall–Kier alpha value is -2.78. The van der Waals surface area contributed by atoms with Crippen LogP contribution in [0.25, 0.3) is 10.6 Å². The number of rotatable bonds is 6. The third-order valence-electron chi connectivity index (χ3n) is 3.78. The molecule has 1 atom stereocenters. The van der Waals surface area contributed by atoms with Gasteiger partial charge in [-0.3, -0.25) is 14.4 Å². The van der Waals surface area contributed by atoms with Crippen molar-refractivity contribution in [3.63, 3.8) is 0 Å². The molecule has 9 heteroatoms. The maximum absolute atomic E-state index is 12.6. The maximum Gasteiger partial charge on any atom is 0.249 e. The standard InChI is InChI=1S/C18H18N4O3S2/c1-13(22(27(2,24)25)15-11-7-4-8-12-15)16(23)19-18-21-20-17(26-18)14-9-5-3-6-10-14/h3-13H,1-2H3,(H,19,21,23). The van der Waals surface area contributed by atoms with Crippen LogP contribution >= 0.6 is 11.3 Å². The monoisotopic (exact) mass is 402 g/mol. The molecule has 0 bridgehead atoms. The van der Waals surface area contributed by atoms with E-state index >= 15 is 0 Å². The summed E-state index contributed by atoms with van der Waals surface area (Å²) in [6.07, 6.45) is 1.07. The van der Waals surface area contributed by atoms with E-state index in [9.17, 15) is 13.2 Å². The number of nitrogens with zero attached hydrogens (tertiary/aromatic N) is 3. The van der Waals surface area contributed by atoms with Crippen molar-refractivity contribution < 1.29 is 13.2 Å². The summed E-state index contributed by atoms with van der Waals surface area (Å²) in [5.41, 5.74) is 1.32. The van der Waals surface area contributed by atoms with Crippen molar-refractivity contribution >= 4 is 38.1 Å². The maximum atomic E-state index is 12.6. The second-order valence-corrected chi connectivity index (χ2v) is 8.67. The van der Waals surface area contributed by atoms with Crippen molar-refractivity contribution in [3.05, 3.63) is 60.7 Å². The number of carbonyl (C=O) groups is 1. The van der Waals surface area contributed by atoms with Gasteiger partial charge in [0.2, 0.25) is 21.1 Å². The Morgan fingerprint density at radius 1 is 1.04 bits per heavy atom. The van der Waals surface area contributed by atoms with E-state index in [4.69, 9.17) is 0 Å². The summed E-state index contributed by atoms with van der Waals surface area (Å²) in [4.78, 5) is 12.6. The molecule has 1 heterocycles. The fourth-order valence-electron chi connectivity index (χ4n) is 2.56. The van der Waals surface area contributed by atoms with Crippen LogP contribution in [0.3, 0.4) is 0 Å². The number of hydrogen-bond donors (Lipinski definition) is 1. The SMILES string of the molecule is CC(C(=O)Nc1nnc(-c2ccccc2)s1)N(c1ccccc1)S(C)(=O)=O. The van der Waals surface area contributed by atoms with Gasteiger partial charge in [-0.05, 0) is 19.1 Å². The van der Waals surface area contributed by atoms with E-state index in [1.165, 1.54) is 18.3 Å². The number of amides is 1. The highest BCUT2D eigenvalue weighted by molar-refractivity contribution is 7.92. The Balaban J connectivity index is 1.80. The fraction of sp³-hybridized carbons (Fsp3) is 0.167. The number of aromatic nitrogens is 2. The Bertz CT molecular complexity index is 1020. The molecule has 3 rings (SSSR count). The first kappa shape index (κ1) is 19.0. The lowest BCUT2D eigenvalue weighted by atomic mass is 10.2. The van der Waals surface area contributed by atoms with Gasteiger partial charge in [-0.15, -0.1) is 10.2 Å². The summed E-state index contributed by atoms with van der Waals surface area (Å²) in [5.74, 6) is -0.486. The van der Waals surface area contributed by atoms with Crippen LogP contribution in [0.4, 0.5) is 10.8 Å². The van der Waals surface area contributed by atoms with Gasteiger partial charge in [-0.2, -0.15) is 0 Å². The zero-order valence-electron chi connectivity index (χ0n) is 14.7. The van der Waals surface area contributed by atoms with Gasteiger partial charge in [-0.25, -0.2) is 8.42 Å². The average Bonchev–Trinajstić information content (AvgIpc) is 3.11. The van der Waals surface area contributed by atoms with Gasteiger partial charge in [0.15, 0.2) is 0 Å². The van der Waals surface area contributed by atoms with Gasteiger partial charge in [0, 0.05) is 5.56 Å². The van der Waals surface area contributed by atoms with Crippen LogP contribution in [-0.2, 0) is 14.8 Å². The molecule has 0 aliphatic rings. The number of sulfonamides is 1. The molecular weight excluding hydrogens is 384 g/mol. The van der Waals surface area contributed by atoms with Gasteiger partial charge < -0.3 is 0 Å². The van der Waals surface area contributed by atoms with Crippen LogP contribution in [0.1, 0.15) is 6.92 Å². The van der Waals surface area contributed by atoms with Crippen molar-refractivity contribution in [2.75, 3.05) is 15.9 Å². The fourth-order valence-corrected chi connectivity index (χ4v) is 4.49. The number of anilines is 2. The summed E-state index contributed by atoms with van der Waals surface area (Å²) < 4.78 is 25.6. The first-order valence-electron chi connectivity index (χ1n) is 8.10. The lowest BCUT2D eigenvalue weighted by Gasteiger charge is -2.27. The Labute approximate surface area is 161 Å². The highest BCUT2D eigenvalue weighted by Crippen LogP contribution is 2.27. The van der Waals surface area contributed by atoms with Crippen molar-refractivity contribution in [2.24, 2.45) is 0 Å². The molecule has 1 aromatic heterocycles. The molecule has 1 N–H and O–H groups in total. The molecule has 0 aliphatic heterocycles. The van der Waals surface area contributed by atoms with Crippen molar-refractivity contribution in [1.82, 2.24) is 10.2 Å². The topological polar surface area (TPSA) is 92.3 Å². The molecule has 140 valence electrons. The molecule has 0 fully saturated rings. The molecule has 0 aliphatic carbocycles. The summed E-state index contributed by atoms with van der Waals surface area (Å²) in [6, 6.07) is 17.0. The number of carbonyl (C=O) groups excluding carboxylic acids is 1. The quantitative estimate of drug-likeness (QED) is 0.684. The number of nitrogens with one attached hydrogen (secondary N) is 1. The minimum Gasteiger partial charge on any atom is -0.299 e. The smallest absolute Gasteiger partial charge is 0.249 e. The van der Waals surface area contributed by atoms with Crippen LogP contribution < -0.4 is 9.62 Å². The van der Waals surface area contributed by atoms with Crippen LogP contribution in [0.15, 0.2) is 60.7 Å². The van der Waals surface area contributed by atoms with E-state index in [2.05, 4.69) is 15.5 Å². The zero-order chi connectivity index (χ0) is 19.4. The third kappa shape index (κ3) is 4.50. The van der Waals surface area contributed by atoms with E-state index in [-0.39, 0.29) is 0 Å². The van der Waals surface area contributed by atoms with Crippen LogP contribution in [-0.4, -0.2) is 36.8 Å². The van der Waals surface area contributed by atoms with Crippen LogP contribution in [0, 0.1) is 0 Å². The van der Waals surface area contributed by atoms with Crippen molar-refractivity contribution in [2.45, 2.75) is 13.0 Å². The number of benzene rings is 2. The highest BCUT2D eigenvalue weighted by Gasteiger charge is 2.29. The van der Waals surface area contributed by atoms with Crippen LogP contribution in [0.5, 0.6) is 0 Å². The molecule has 1 amide bonds. The Kier molecular flexibility index (Phi) is 5.52. The second kappa shape index (κ2) is 7.85. The summed E-state index contributed by atoms with van der Waals surface area (Å²) in [5, 5.41) is 11.7. The first-order valence-corrected chi connectivity index (χ1v) is 10.8. The molecule has 0 saturated carbocycles. The van der Waals surface area contributed by atoms with E-state index in [0.29, 0.717) is 15.8 Å². The predicted octanol–water partition coefficient (Wildman–Crippen LogP) is 3.00. The minimum atomic E-state index is -3.65. The molecule has 3 aromatic rings. The van der Waals surface area contributed by atoms with Gasteiger partial charge in [0.25, 0.3) is 0 Å². The van der Waals surface area contributed by atoms with E-state index in [0.717, 1.165) is 16.1 Å². The molecule has 2 aromatic carbocycles. The Morgan fingerprint density at radius 2 is 1.63 bits per heavy atom.